The van der Waals surface area contributed by atoms with E-state index in [1.165, 1.54) is 0 Å². The van der Waals surface area contributed by atoms with Crippen LogP contribution in [0.1, 0.15) is 96.8 Å². The molecule has 16 nitrogen and oxygen atoms in total. The molecule has 0 spiro atoms. The fourth-order valence-corrected chi connectivity index (χ4v) is 9.44. The Bertz CT molecular complexity index is 2970. The first-order valence-electron chi connectivity index (χ1n) is 24.5. The van der Waals surface area contributed by atoms with Gasteiger partial charge in [-0.3, -0.25) is 44.1 Å². The number of ether oxygens (including phenoxy) is 2. The van der Waals surface area contributed by atoms with Gasteiger partial charge >= 0.3 is 0 Å². The van der Waals surface area contributed by atoms with E-state index in [0.29, 0.717) is 56.4 Å². The Labute approximate surface area is 419 Å². The van der Waals surface area contributed by atoms with Crippen LogP contribution in [0.5, 0.6) is 11.5 Å². The second kappa shape index (κ2) is 22.4. The summed E-state index contributed by atoms with van der Waals surface area (Å²) >= 11 is 0. The zero-order valence-electron chi connectivity index (χ0n) is 40.5. The van der Waals surface area contributed by atoms with Crippen molar-refractivity contribution < 1.29 is 33.4 Å². The van der Waals surface area contributed by atoms with E-state index in [1.807, 2.05) is 66.5 Å². The molecule has 2 fully saturated rings. The topological polar surface area (TPSA) is 180 Å². The Kier molecular flexibility index (Phi) is 15.2. The number of nitrogens with zero attached hydrogens (tertiary/aromatic N) is 7. The number of fused-ring (bicyclic) bond motifs is 2. The summed E-state index contributed by atoms with van der Waals surface area (Å²) in [5.41, 5.74) is 7.01. The molecule has 72 heavy (non-hydrogen) atoms. The maximum absolute atomic E-state index is 13.7. The fourth-order valence-electron chi connectivity index (χ4n) is 9.44. The number of benzene rings is 3. The predicted octanol–water partition coefficient (Wildman–Crippen LogP) is 6.26. The van der Waals surface area contributed by atoms with E-state index in [1.54, 1.807) is 36.5 Å². The number of rotatable bonds is 17. The van der Waals surface area contributed by atoms with Crippen molar-refractivity contribution in [1.82, 2.24) is 39.9 Å². The van der Waals surface area contributed by atoms with Gasteiger partial charge in [-0.05, 0) is 105 Å². The number of imide groups is 2. The summed E-state index contributed by atoms with van der Waals surface area (Å²) in [5, 5.41) is 5.44. The number of nitrogens with one attached hydrogen (secondary N) is 2. The van der Waals surface area contributed by atoms with Crippen molar-refractivity contribution in [3.05, 3.63) is 142 Å². The number of anilines is 1. The minimum atomic E-state index is -1.01. The lowest BCUT2D eigenvalue weighted by Gasteiger charge is -2.33. The monoisotopic (exact) mass is 967 g/mol. The number of hydrogen-bond donors (Lipinski definition) is 2. The van der Waals surface area contributed by atoms with Crippen molar-refractivity contribution in [3.8, 4) is 34.7 Å². The molecule has 4 aliphatic heterocycles. The number of unbranched alkanes of at least 4 members (excludes halogenated alkanes) is 2. The molecule has 6 heterocycles. The van der Waals surface area contributed by atoms with Crippen molar-refractivity contribution in [2.45, 2.75) is 57.7 Å². The summed E-state index contributed by atoms with van der Waals surface area (Å²) in [5.74, 6) is 6.76. The van der Waals surface area contributed by atoms with Crippen LogP contribution in [0.25, 0.3) is 23.5 Å². The number of piperidine rings is 1. The minimum absolute atomic E-state index is 0.0587. The quantitative estimate of drug-likeness (QED) is 0.0607. The van der Waals surface area contributed by atoms with E-state index in [2.05, 4.69) is 50.4 Å². The highest BCUT2D eigenvalue weighted by molar-refractivity contribution is 6.24. The van der Waals surface area contributed by atoms with Gasteiger partial charge in [0.05, 0.1) is 42.2 Å². The molecule has 368 valence electrons. The molecule has 0 radical (unpaired) electrons. The first-order valence-corrected chi connectivity index (χ1v) is 24.5. The van der Waals surface area contributed by atoms with Gasteiger partial charge in [0.15, 0.2) is 5.82 Å². The Balaban J connectivity index is 0.666. The first kappa shape index (κ1) is 49.0. The number of carbonyl (C=O) groups is 5. The van der Waals surface area contributed by atoms with Gasteiger partial charge in [0, 0.05) is 80.2 Å². The van der Waals surface area contributed by atoms with Crippen molar-refractivity contribution >= 4 is 47.5 Å². The molecule has 2 aromatic heterocycles. The number of aromatic nitrogens is 3. The summed E-state index contributed by atoms with van der Waals surface area (Å²) in [7, 11) is 1.84. The molecule has 2 saturated heterocycles. The van der Waals surface area contributed by atoms with Crippen LogP contribution in [0.2, 0.25) is 0 Å². The highest BCUT2D eigenvalue weighted by atomic mass is 16.5. The summed E-state index contributed by atoms with van der Waals surface area (Å²) in [4.78, 5) is 86.0. The molecule has 2 N–H and O–H groups in total. The molecule has 9 rings (SSSR count). The second-order valence-electron chi connectivity index (χ2n) is 18.1. The van der Waals surface area contributed by atoms with Crippen LogP contribution in [-0.4, -0.2) is 130 Å². The third-order valence-electron chi connectivity index (χ3n) is 13.5. The average molecular weight is 968 g/mol. The molecular formula is C56H57N9O7. The Morgan fingerprint density at radius 1 is 0.875 bits per heavy atom. The van der Waals surface area contributed by atoms with Crippen LogP contribution < -0.4 is 20.1 Å². The maximum Gasteiger partial charge on any atom is 0.266 e. The lowest BCUT2D eigenvalue weighted by Crippen LogP contribution is -2.54. The third kappa shape index (κ3) is 11.0. The van der Waals surface area contributed by atoms with Gasteiger partial charge in [0.2, 0.25) is 11.8 Å². The molecule has 1 atom stereocenters. The van der Waals surface area contributed by atoms with E-state index < -0.39 is 29.7 Å². The van der Waals surface area contributed by atoms with Gasteiger partial charge in [-0.1, -0.05) is 49.3 Å². The zero-order valence-corrected chi connectivity index (χ0v) is 40.5. The van der Waals surface area contributed by atoms with Gasteiger partial charge in [-0.25, -0.2) is 9.97 Å². The Morgan fingerprint density at radius 3 is 2.42 bits per heavy atom. The normalized spacial score (nSPS) is 16.8. The molecular weight excluding hydrogens is 911 g/mol. The number of amides is 5. The van der Waals surface area contributed by atoms with Gasteiger partial charge in [0.1, 0.15) is 30.0 Å². The SMILES string of the molecule is C=Cc1cc(-c2nc3c(c(NC)n2)CCN(C(=O)c2ccc(COc4ccc(C#CCN5CCN(CCCCCOc6cccc7c6C(=O)N(C6CCC(=O)NC6=O)C7=O)CC5)cc4)cc2)C3)cnc1C=C. The smallest absolute Gasteiger partial charge is 0.266 e. The van der Waals surface area contributed by atoms with E-state index in [0.717, 1.165) is 108 Å². The molecule has 0 aliphatic carbocycles. The lowest BCUT2D eigenvalue weighted by molar-refractivity contribution is -0.136. The summed E-state index contributed by atoms with van der Waals surface area (Å²) < 4.78 is 12.1. The summed E-state index contributed by atoms with van der Waals surface area (Å²) in [6, 6.07) is 21.2. The molecule has 0 saturated carbocycles. The van der Waals surface area contributed by atoms with E-state index >= 15 is 0 Å². The summed E-state index contributed by atoms with van der Waals surface area (Å²) in [6.45, 7) is 15.0. The van der Waals surface area contributed by atoms with Crippen LogP contribution >= 0.6 is 0 Å². The molecule has 5 aromatic rings. The third-order valence-corrected chi connectivity index (χ3v) is 13.5. The maximum atomic E-state index is 13.7. The second-order valence-corrected chi connectivity index (χ2v) is 18.1. The largest absolute Gasteiger partial charge is 0.493 e. The summed E-state index contributed by atoms with van der Waals surface area (Å²) in [6.07, 6.45) is 8.72. The molecule has 0 bridgehead atoms. The van der Waals surface area contributed by atoms with Crippen molar-refractivity contribution in [1.29, 1.82) is 0 Å². The van der Waals surface area contributed by atoms with E-state index in [4.69, 9.17) is 19.4 Å². The van der Waals surface area contributed by atoms with Gasteiger partial charge in [-0.2, -0.15) is 0 Å². The molecule has 4 aliphatic rings. The fraction of sp³-hybridized carbons (Fsp3) is 0.321. The standard InChI is InChI=1S/C56H57N9O7/c1-4-39-33-41(34-58-45(39)5-2)51-59-46-35-64(27-24-43(46)52(57-3)61-51)54(68)40-18-14-38(15-19-40)36-72-42-20-16-37(17-21-42)11-10-26-63-30-28-62(29-31-63)25-7-6-8-32-71-48-13-9-12-44-50(48)56(70)65(55(44)69)47-22-23-49(66)60-53(47)67/h4-5,9,12-21,33-34,47H,1-2,6-8,22-32,35-36H2,3H3,(H,57,59,61)(H,60,66,67). The van der Waals surface area contributed by atoms with E-state index in [9.17, 15) is 24.0 Å². The zero-order chi connectivity index (χ0) is 50.1. The van der Waals surface area contributed by atoms with Gasteiger partial charge in [0.25, 0.3) is 17.7 Å². The van der Waals surface area contributed by atoms with Crippen molar-refractivity contribution in [2.75, 3.05) is 64.8 Å². The molecule has 5 amide bonds. The van der Waals surface area contributed by atoms with Crippen LogP contribution in [-0.2, 0) is 29.2 Å². The highest BCUT2D eigenvalue weighted by Gasteiger charge is 2.46. The van der Waals surface area contributed by atoms with Gasteiger partial charge < -0.3 is 24.6 Å². The number of piperazine rings is 1. The number of carbonyl (C=O) groups excluding carboxylic acids is 5. The molecule has 16 heteroatoms. The van der Waals surface area contributed by atoms with Crippen LogP contribution in [0.4, 0.5) is 5.82 Å². The molecule has 3 aromatic carbocycles. The van der Waals surface area contributed by atoms with Gasteiger partial charge in [-0.15, -0.1) is 0 Å². The van der Waals surface area contributed by atoms with E-state index in [-0.39, 0.29) is 29.9 Å². The highest BCUT2D eigenvalue weighted by Crippen LogP contribution is 2.34. The van der Waals surface area contributed by atoms with Crippen LogP contribution in [0, 0.1) is 11.8 Å². The van der Waals surface area contributed by atoms with Crippen molar-refractivity contribution in [2.24, 2.45) is 0 Å². The van der Waals surface area contributed by atoms with Crippen molar-refractivity contribution in [3.63, 3.8) is 0 Å². The Hall–Kier alpha value is -8.00. The molecule has 1 unspecified atom stereocenters. The average Bonchev–Trinajstić information content (AvgIpc) is 3.67. The number of pyridine rings is 1. The minimum Gasteiger partial charge on any atom is -0.493 e. The van der Waals surface area contributed by atoms with Crippen LogP contribution in [0.3, 0.4) is 0 Å². The first-order chi connectivity index (χ1) is 35.1. The number of hydrogen-bond acceptors (Lipinski definition) is 13. The lowest BCUT2D eigenvalue weighted by atomic mass is 10.0. The van der Waals surface area contributed by atoms with Crippen LogP contribution in [0.15, 0.2) is 92.2 Å². The Morgan fingerprint density at radius 2 is 1.67 bits per heavy atom. The predicted molar refractivity (Wildman–Crippen MR) is 273 cm³/mol.